The number of benzene rings is 1. The van der Waals surface area contributed by atoms with Crippen LogP contribution in [0.5, 0.6) is 0 Å². The van der Waals surface area contributed by atoms with Crippen LogP contribution in [-0.4, -0.2) is 48.2 Å². The van der Waals surface area contributed by atoms with Gasteiger partial charge in [0.05, 0.1) is 16.7 Å². The van der Waals surface area contributed by atoms with Crippen molar-refractivity contribution in [1.29, 1.82) is 0 Å². The fraction of sp³-hybridized carbons (Fsp3) is 0.385. The van der Waals surface area contributed by atoms with Crippen molar-refractivity contribution in [3.8, 4) is 0 Å². The highest BCUT2D eigenvalue weighted by atomic mass is 35.5. The van der Waals surface area contributed by atoms with Crippen molar-refractivity contribution in [2.75, 3.05) is 19.7 Å². The first kappa shape index (κ1) is 15.1. The molecule has 0 saturated carbocycles. The molecule has 1 aromatic rings. The number of rotatable bonds is 2. The quantitative estimate of drug-likeness (QED) is 0.851. The second-order valence-corrected chi connectivity index (χ2v) is 5.29. The highest BCUT2D eigenvalue weighted by Crippen LogP contribution is 2.30. The van der Waals surface area contributed by atoms with Gasteiger partial charge in [0.25, 0.3) is 0 Å². The summed E-state index contributed by atoms with van der Waals surface area (Å²) in [5, 5.41) is 9.89. The first-order valence-electron chi connectivity index (χ1n) is 6.02. The van der Waals surface area contributed by atoms with Gasteiger partial charge in [-0.1, -0.05) is 29.3 Å². The van der Waals surface area contributed by atoms with Gasteiger partial charge in [-0.2, -0.15) is 0 Å². The van der Waals surface area contributed by atoms with Crippen molar-refractivity contribution in [2.45, 2.75) is 12.0 Å². The van der Waals surface area contributed by atoms with Crippen LogP contribution in [0.1, 0.15) is 11.5 Å². The van der Waals surface area contributed by atoms with Crippen LogP contribution in [0, 0.1) is 0 Å². The number of amides is 1. The molecule has 1 saturated heterocycles. The predicted octanol–water partition coefficient (Wildman–Crippen LogP) is 2.65. The van der Waals surface area contributed by atoms with Gasteiger partial charge in [0.1, 0.15) is 12.4 Å². The second kappa shape index (κ2) is 6.43. The number of carboxylic acid groups (broad SMARTS) is 1. The average molecular weight is 318 g/mol. The van der Waals surface area contributed by atoms with Crippen LogP contribution in [0.4, 0.5) is 4.79 Å². The van der Waals surface area contributed by atoms with Crippen LogP contribution in [0.2, 0.25) is 10.0 Å². The van der Waals surface area contributed by atoms with Gasteiger partial charge in [-0.25, -0.2) is 4.79 Å². The van der Waals surface area contributed by atoms with Crippen molar-refractivity contribution in [1.82, 2.24) is 4.90 Å². The van der Waals surface area contributed by atoms with E-state index >= 15 is 0 Å². The Morgan fingerprint density at radius 1 is 1.40 bits per heavy atom. The first-order valence-corrected chi connectivity index (χ1v) is 6.78. The Morgan fingerprint density at radius 2 is 2.15 bits per heavy atom. The first-order chi connectivity index (χ1) is 9.52. The highest BCUT2D eigenvalue weighted by molar-refractivity contribution is 6.42. The molecule has 1 aliphatic heterocycles. The number of hydrogen-bond acceptors (Lipinski definition) is 3. The molecule has 1 fully saturated rings. The molecule has 1 N–H and O–H groups in total. The summed E-state index contributed by atoms with van der Waals surface area (Å²) in [4.78, 5) is 23.5. The van der Waals surface area contributed by atoms with Crippen LogP contribution in [0.25, 0.3) is 0 Å². The molecule has 0 spiro atoms. The van der Waals surface area contributed by atoms with Crippen LogP contribution >= 0.6 is 23.2 Å². The van der Waals surface area contributed by atoms with Gasteiger partial charge < -0.3 is 19.5 Å². The summed E-state index contributed by atoms with van der Waals surface area (Å²) in [6, 6.07) is 4.99. The van der Waals surface area contributed by atoms with E-state index in [2.05, 4.69) is 0 Å². The summed E-state index contributed by atoms with van der Waals surface area (Å²) in [6.45, 7) is 0.599. The van der Waals surface area contributed by atoms with Crippen LogP contribution < -0.4 is 0 Å². The number of hydrogen-bond donors (Lipinski definition) is 1. The minimum Gasteiger partial charge on any atom is -0.465 e. The van der Waals surface area contributed by atoms with E-state index in [0.717, 1.165) is 5.56 Å². The molecule has 1 heterocycles. The number of carbonyl (C=O) groups excluding carboxylic acids is 1. The van der Waals surface area contributed by atoms with Crippen LogP contribution in [-0.2, 0) is 9.53 Å². The average Bonchev–Trinajstić information content (AvgIpc) is 2.64. The van der Waals surface area contributed by atoms with Crippen LogP contribution in [0.3, 0.4) is 0 Å². The summed E-state index contributed by atoms with van der Waals surface area (Å²) >= 11 is 11.8. The van der Waals surface area contributed by atoms with E-state index in [1.165, 1.54) is 4.90 Å². The Kier molecular flexibility index (Phi) is 4.86. The Morgan fingerprint density at radius 3 is 2.75 bits per heavy atom. The van der Waals surface area contributed by atoms with Crippen molar-refractivity contribution in [3.05, 3.63) is 33.8 Å². The lowest BCUT2D eigenvalue weighted by Crippen LogP contribution is -2.35. The molecule has 1 aromatic carbocycles. The number of aldehydes is 1. The van der Waals surface area contributed by atoms with E-state index in [-0.39, 0.29) is 19.7 Å². The summed E-state index contributed by atoms with van der Waals surface area (Å²) in [7, 11) is 0. The maximum atomic E-state index is 11.2. The Balaban J connectivity index is 2.33. The van der Waals surface area contributed by atoms with Gasteiger partial charge in [0.15, 0.2) is 0 Å². The van der Waals surface area contributed by atoms with Gasteiger partial charge in [-0.05, 0) is 17.7 Å². The van der Waals surface area contributed by atoms with E-state index < -0.39 is 18.1 Å². The zero-order chi connectivity index (χ0) is 14.7. The summed E-state index contributed by atoms with van der Waals surface area (Å²) in [5.41, 5.74) is 0.727. The molecule has 108 valence electrons. The van der Waals surface area contributed by atoms with Crippen molar-refractivity contribution >= 4 is 35.6 Å². The molecule has 1 aliphatic rings. The smallest absolute Gasteiger partial charge is 0.407 e. The highest BCUT2D eigenvalue weighted by Gasteiger charge is 2.31. The van der Waals surface area contributed by atoms with Gasteiger partial charge in [-0.3, -0.25) is 0 Å². The lowest BCUT2D eigenvalue weighted by Gasteiger charge is -2.24. The molecule has 20 heavy (non-hydrogen) atoms. The lowest BCUT2D eigenvalue weighted by atomic mass is 9.93. The summed E-state index contributed by atoms with van der Waals surface area (Å²) < 4.78 is 5.42. The molecule has 0 bridgehead atoms. The summed E-state index contributed by atoms with van der Waals surface area (Å²) in [5.74, 6) is -0.402. The fourth-order valence-electron chi connectivity index (χ4n) is 2.19. The largest absolute Gasteiger partial charge is 0.465 e. The zero-order valence-corrected chi connectivity index (χ0v) is 12.0. The molecular formula is C13H13Cl2NO4. The van der Waals surface area contributed by atoms with Gasteiger partial charge >= 0.3 is 6.09 Å². The molecule has 0 aliphatic carbocycles. The molecule has 2 atom stereocenters. The number of ether oxygens (including phenoxy) is 1. The second-order valence-electron chi connectivity index (χ2n) is 4.48. The topological polar surface area (TPSA) is 66.8 Å². The monoisotopic (exact) mass is 317 g/mol. The molecule has 0 aromatic heterocycles. The fourth-order valence-corrected chi connectivity index (χ4v) is 2.50. The van der Waals surface area contributed by atoms with Crippen LogP contribution in [0.15, 0.2) is 18.2 Å². The van der Waals surface area contributed by atoms with E-state index in [0.29, 0.717) is 16.3 Å². The van der Waals surface area contributed by atoms with E-state index in [9.17, 15) is 9.59 Å². The summed E-state index contributed by atoms with van der Waals surface area (Å²) in [6.07, 6.45) is -1.04. The Bertz CT molecular complexity index is 523. The lowest BCUT2D eigenvalue weighted by molar-refractivity contribution is -0.118. The number of nitrogens with zero attached hydrogens (tertiary/aromatic N) is 1. The SMILES string of the molecule is O=CC1OCCN(C(=O)O)CC1c1ccc(Cl)c(Cl)c1. The maximum absolute atomic E-state index is 11.2. The zero-order valence-electron chi connectivity index (χ0n) is 10.5. The third-order valence-electron chi connectivity index (χ3n) is 3.26. The molecule has 2 rings (SSSR count). The maximum Gasteiger partial charge on any atom is 0.407 e. The molecule has 5 nitrogen and oxygen atoms in total. The van der Waals surface area contributed by atoms with Crippen molar-refractivity contribution < 1.29 is 19.4 Å². The predicted molar refractivity (Wildman–Crippen MR) is 74.6 cm³/mol. The standard InChI is InChI=1S/C13H13Cl2NO4/c14-10-2-1-8(5-11(10)15)9-6-16(13(18)19)3-4-20-12(9)7-17/h1-2,5,7,9,12H,3-4,6H2,(H,18,19). The van der Waals surface area contributed by atoms with Crippen molar-refractivity contribution in [2.24, 2.45) is 0 Å². The third kappa shape index (κ3) is 3.23. The van der Waals surface area contributed by atoms with Gasteiger partial charge in [0.2, 0.25) is 0 Å². The van der Waals surface area contributed by atoms with Gasteiger partial charge in [0, 0.05) is 19.0 Å². The number of halogens is 2. The molecule has 7 heteroatoms. The molecule has 1 amide bonds. The molecule has 0 radical (unpaired) electrons. The Labute approximate surface area is 126 Å². The minimum atomic E-state index is -1.04. The minimum absolute atomic E-state index is 0.177. The van der Waals surface area contributed by atoms with E-state index in [4.69, 9.17) is 33.0 Å². The molecular weight excluding hydrogens is 305 g/mol. The van der Waals surface area contributed by atoms with Gasteiger partial charge in [-0.15, -0.1) is 0 Å². The normalized spacial score (nSPS) is 23.2. The number of carbonyl (C=O) groups is 2. The van der Waals surface area contributed by atoms with E-state index in [1.54, 1.807) is 18.2 Å². The van der Waals surface area contributed by atoms with E-state index in [1.807, 2.05) is 0 Å². The molecule has 2 unspecified atom stereocenters. The third-order valence-corrected chi connectivity index (χ3v) is 4.00. The van der Waals surface area contributed by atoms with Crippen molar-refractivity contribution in [3.63, 3.8) is 0 Å². The Hall–Kier alpha value is -1.30.